The van der Waals surface area contributed by atoms with Gasteiger partial charge in [-0.2, -0.15) is 0 Å². The Hall–Kier alpha value is -2.66. The van der Waals surface area contributed by atoms with Crippen LogP contribution in [0.5, 0.6) is 0 Å². The number of carbonyl (C=O) groups excluding carboxylic acids is 1. The number of hydrogen-bond donors (Lipinski definition) is 0. The van der Waals surface area contributed by atoms with Gasteiger partial charge in [-0.15, -0.1) is 0 Å². The zero-order valence-electron chi connectivity index (χ0n) is 18.8. The molecule has 0 aliphatic carbocycles. The van der Waals surface area contributed by atoms with Gasteiger partial charge in [0.2, 0.25) is 5.91 Å². The number of aromatic nitrogens is 2. The van der Waals surface area contributed by atoms with E-state index in [9.17, 15) is 4.79 Å². The molecule has 158 valence electrons. The lowest BCUT2D eigenvalue weighted by Gasteiger charge is -2.22. The fourth-order valence-electron chi connectivity index (χ4n) is 4.88. The fourth-order valence-corrected chi connectivity index (χ4v) is 4.88. The van der Waals surface area contributed by atoms with Crippen molar-refractivity contribution in [1.29, 1.82) is 0 Å². The summed E-state index contributed by atoms with van der Waals surface area (Å²) in [7, 11) is 4.21. The molecule has 4 rings (SSSR count). The highest BCUT2D eigenvalue weighted by Gasteiger charge is 2.36. The lowest BCUT2D eigenvalue weighted by molar-refractivity contribution is -0.117. The van der Waals surface area contributed by atoms with E-state index in [0.29, 0.717) is 13.0 Å². The summed E-state index contributed by atoms with van der Waals surface area (Å²) in [6.07, 6.45) is 1.57. The third kappa shape index (κ3) is 3.86. The average molecular weight is 405 g/mol. The van der Waals surface area contributed by atoms with E-state index in [1.807, 2.05) is 11.0 Å². The molecule has 5 nitrogen and oxygen atoms in total. The van der Waals surface area contributed by atoms with Gasteiger partial charge >= 0.3 is 0 Å². The number of benzene rings is 2. The van der Waals surface area contributed by atoms with Gasteiger partial charge in [-0.1, -0.05) is 29.8 Å². The van der Waals surface area contributed by atoms with Crippen LogP contribution >= 0.6 is 0 Å². The molecule has 1 aromatic heterocycles. The maximum absolute atomic E-state index is 13.1. The summed E-state index contributed by atoms with van der Waals surface area (Å²) in [6.45, 7) is 8.96. The van der Waals surface area contributed by atoms with E-state index < -0.39 is 0 Å². The summed E-state index contributed by atoms with van der Waals surface area (Å²) < 4.78 is 2.34. The van der Waals surface area contributed by atoms with Crippen molar-refractivity contribution in [2.45, 2.75) is 46.1 Å². The van der Waals surface area contributed by atoms with Gasteiger partial charge in [0.05, 0.1) is 11.0 Å². The molecule has 0 spiro atoms. The molecule has 1 fully saturated rings. The van der Waals surface area contributed by atoms with E-state index in [-0.39, 0.29) is 11.8 Å². The molecule has 0 N–H and O–H groups in total. The maximum Gasteiger partial charge on any atom is 0.227 e. The van der Waals surface area contributed by atoms with E-state index >= 15 is 0 Å². The topological polar surface area (TPSA) is 41.4 Å². The van der Waals surface area contributed by atoms with Gasteiger partial charge in [-0.25, -0.2) is 4.98 Å². The van der Waals surface area contributed by atoms with E-state index in [2.05, 4.69) is 74.7 Å². The van der Waals surface area contributed by atoms with Crippen molar-refractivity contribution in [2.75, 3.05) is 32.1 Å². The lowest BCUT2D eigenvalue weighted by atomic mass is 10.0. The highest BCUT2D eigenvalue weighted by Crippen LogP contribution is 2.36. The molecule has 2 heterocycles. The molecule has 0 unspecified atom stereocenters. The van der Waals surface area contributed by atoms with Crippen molar-refractivity contribution in [3.63, 3.8) is 0 Å². The minimum absolute atomic E-state index is 0.115. The lowest BCUT2D eigenvalue weighted by Crippen LogP contribution is -2.26. The van der Waals surface area contributed by atoms with Crippen molar-refractivity contribution in [2.24, 2.45) is 0 Å². The predicted molar refractivity (Wildman–Crippen MR) is 123 cm³/mol. The van der Waals surface area contributed by atoms with Crippen molar-refractivity contribution >= 4 is 22.6 Å². The van der Waals surface area contributed by atoms with Crippen LogP contribution in [0, 0.1) is 20.8 Å². The Balaban J connectivity index is 1.67. The number of amides is 1. The Morgan fingerprint density at radius 3 is 2.50 bits per heavy atom. The molecule has 5 heteroatoms. The van der Waals surface area contributed by atoms with Gasteiger partial charge in [-0.05, 0) is 71.1 Å². The number of imidazole rings is 1. The molecule has 1 aliphatic heterocycles. The summed E-state index contributed by atoms with van der Waals surface area (Å²) >= 11 is 0. The quantitative estimate of drug-likeness (QED) is 0.610. The van der Waals surface area contributed by atoms with Crippen LogP contribution < -0.4 is 4.90 Å². The molecule has 0 radical (unpaired) electrons. The smallest absolute Gasteiger partial charge is 0.227 e. The number of aryl methyl sites for hydroxylation is 4. The largest absolute Gasteiger partial charge is 0.328 e. The van der Waals surface area contributed by atoms with E-state index in [1.54, 1.807) is 0 Å². The van der Waals surface area contributed by atoms with Crippen molar-refractivity contribution in [3.8, 4) is 0 Å². The summed E-state index contributed by atoms with van der Waals surface area (Å²) in [6, 6.07) is 12.7. The minimum Gasteiger partial charge on any atom is -0.328 e. The molecule has 1 amide bonds. The molecule has 2 aromatic carbocycles. The van der Waals surface area contributed by atoms with Crippen LogP contribution in [0.2, 0.25) is 0 Å². The van der Waals surface area contributed by atoms with Crippen LogP contribution in [0.1, 0.15) is 41.3 Å². The predicted octanol–water partition coefficient (Wildman–Crippen LogP) is 4.43. The number of hydrogen-bond acceptors (Lipinski definition) is 3. The van der Waals surface area contributed by atoms with Crippen LogP contribution in [-0.4, -0.2) is 47.5 Å². The van der Waals surface area contributed by atoms with E-state index in [4.69, 9.17) is 4.98 Å². The number of nitrogens with zero attached hydrogens (tertiary/aromatic N) is 4. The van der Waals surface area contributed by atoms with E-state index in [0.717, 1.165) is 36.5 Å². The van der Waals surface area contributed by atoms with E-state index in [1.165, 1.54) is 22.2 Å². The zero-order valence-corrected chi connectivity index (χ0v) is 18.8. The second-order valence-electron chi connectivity index (χ2n) is 8.92. The number of fused-ring (bicyclic) bond motifs is 1. The second kappa shape index (κ2) is 8.23. The van der Waals surface area contributed by atoms with Gasteiger partial charge in [0.15, 0.2) is 0 Å². The maximum atomic E-state index is 13.1. The molecule has 1 aliphatic rings. The standard InChI is InChI=1S/C25H32N4O/c1-17-13-18(2)24(19(3)14-17)29-16-20(15-23(29)30)25-26-21-9-6-7-10-22(21)28(25)12-8-11-27(4)5/h6-7,9-10,13-14,20H,8,11-12,15-16H2,1-5H3/t20-/m1/s1. The SMILES string of the molecule is Cc1cc(C)c(N2C[C@H](c3nc4ccccc4n3CCCN(C)C)CC2=O)c(C)c1. The summed E-state index contributed by atoms with van der Waals surface area (Å²) in [5.74, 6) is 1.36. The number of para-hydroxylation sites is 2. The Labute approximate surface area is 179 Å². The average Bonchev–Trinajstić information content (AvgIpc) is 3.22. The molecule has 30 heavy (non-hydrogen) atoms. The van der Waals surface area contributed by atoms with Crippen molar-refractivity contribution < 1.29 is 4.79 Å². The zero-order chi connectivity index (χ0) is 21.4. The summed E-state index contributed by atoms with van der Waals surface area (Å²) in [4.78, 5) is 22.2. The molecular formula is C25H32N4O. The highest BCUT2D eigenvalue weighted by atomic mass is 16.2. The van der Waals surface area contributed by atoms with Crippen molar-refractivity contribution in [3.05, 3.63) is 58.9 Å². The summed E-state index contributed by atoms with van der Waals surface area (Å²) in [5, 5.41) is 0. The first-order chi connectivity index (χ1) is 14.3. The molecule has 1 saturated heterocycles. The molecule has 0 saturated carbocycles. The van der Waals surface area contributed by atoms with Crippen LogP contribution in [0.15, 0.2) is 36.4 Å². The van der Waals surface area contributed by atoms with Gasteiger partial charge in [0.25, 0.3) is 0 Å². The van der Waals surface area contributed by atoms with Crippen LogP contribution in [0.4, 0.5) is 5.69 Å². The first-order valence-electron chi connectivity index (χ1n) is 10.8. The Bertz CT molecular complexity index is 1060. The third-order valence-electron chi connectivity index (χ3n) is 6.07. The number of anilines is 1. The first kappa shape index (κ1) is 20.6. The molecule has 0 bridgehead atoms. The fraction of sp³-hybridized carbons (Fsp3) is 0.440. The van der Waals surface area contributed by atoms with Gasteiger partial charge in [0.1, 0.15) is 5.82 Å². The van der Waals surface area contributed by atoms with Gasteiger partial charge in [0, 0.05) is 31.1 Å². The van der Waals surface area contributed by atoms with Gasteiger partial charge in [-0.3, -0.25) is 4.79 Å². The number of rotatable bonds is 6. The normalized spacial score (nSPS) is 16.9. The van der Waals surface area contributed by atoms with Crippen LogP contribution in [0.3, 0.4) is 0 Å². The first-order valence-corrected chi connectivity index (χ1v) is 10.8. The Morgan fingerprint density at radius 1 is 1.10 bits per heavy atom. The molecule has 3 aromatic rings. The third-order valence-corrected chi connectivity index (χ3v) is 6.07. The highest BCUT2D eigenvalue weighted by molar-refractivity contribution is 5.98. The van der Waals surface area contributed by atoms with Crippen molar-refractivity contribution in [1.82, 2.24) is 14.5 Å². The minimum atomic E-state index is 0.115. The molecular weight excluding hydrogens is 372 g/mol. The molecule has 1 atom stereocenters. The second-order valence-corrected chi connectivity index (χ2v) is 8.92. The summed E-state index contributed by atoms with van der Waals surface area (Å²) in [5.41, 5.74) is 6.83. The monoisotopic (exact) mass is 404 g/mol. The van der Waals surface area contributed by atoms with Crippen LogP contribution in [0.25, 0.3) is 11.0 Å². The van der Waals surface area contributed by atoms with Gasteiger partial charge < -0.3 is 14.4 Å². The Morgan fingerprint density at radius 2 is 1.80 bits per heavy atom. The number of carbonyl (C=O) groups is 1. The van der Waals surface area contributed by atoms with Crippen LogP contribution in [-0.2, 0) is 11.3 Å². The Kier molecular flexibility index (Phi) is 5.65.